The highest BCUT2D eigenvalue weighted by molar-refractivity contribution is 7.89. The molecule has 196 valence electrons. The minimum absolute atomic E-state index is 0.0714. The lowest BCUT2D eigenvalue weighted by molar-refractivity contribution is -0.118. The lowest BCUT2D eigenvalue weighted by atomic mass is 9.90. The normalized spacial score (nSPS) is 15.8. The summed E-state index contributed by atoms with van der Waals surface area (Å²) in [6, 6.07) is 9.68. The van der Waals surface area contributed by atoms with E-state index in [2.05, 4.69) is 20.7 Å². The molecule has 0 bridgehead atoms. The minimum atomic E-state index is -3.95. The van der Waals surface area contributed by atoms with E-state index in [4.69, 9.17) is 0 Å². The minimum Gasteiger partial charge on any atom is -0.340 e. The van der Waals surface area contributed by atoms with Crippen LogP contribution in [0.3, 0.4) is 0 Å². The predicted octanol–water partition coefficient (Wildman–Crippen LogP) is 2.98. The first-order valence-corrected chi connectivity index (χ1v) is 13.3. The molecule has 0 unspecified atom stereocenters. The Morgan fingerprint density at radius 3 is 2.25 bits per heavy atom. The van der Waals surface area contributed by atoms with Crippen molar-refractivity contribution in [1.82, 2.24) is 15.4 Å². The van der Waals surface area contributed by atoms with Crippen LogP contribution >= 0.6 is 0 Å². The fourth-order valence-electron chi connectivity index (χ4n) is 3.92. The highest BCUT2D eigenvalue weighted by Gasteiger charge is 2.28. The van der Waals surface area contributed by atoms with Gasteiger partial charge in [-0.15, -0.1) is 0 Å². The number of hydrogen-bond acceptors (Lipinski definition) is 5. The molecule has 4 N–H and O–H groups in total. The number of alkyl halides is 1. The van der Waals surface area contributed by atoms with Gasteiger partial charge in [0.15, 0.2) is 0 Å². The maximum atomic E-state index is 13.2. The van der Waals surface area contributed by atoms with Gasteiger partial charge in [0, 0.05) is 11.3 Å². The van der Waals surface area contributed by atoms with Gasteiger partial charge >= 0.3 is 0 Å². The van der Waals surface area contributed by atoms with Crippen molar-refractivity contribution >= 4 is 27.5 Å². The fourth-order valence-corrected chi connectivity index (χ4v) is 5.32. The van der Waals surface area contributed by atoms with Gasteiger partial charge in [0.2, 0.25) is 15.9 Å². The summed E-state index contributed by atoms with van der Waals surface area (Å²) in [5, 5.41) is 8.75. The molecule has 1 aliphatic rings. The van der Waals surface area contributed by atoms with E-state index in [0.717, 1.165) is 25.9 Å². The van der Waals surface area contributed by atoms with E-state index >= 15 is 0 Å². The van der Waals surface area contributed by atoms with Crippen LogP contribution in [0.25, 0.3) is 0 Å². The number of rotatable bonds is 10. The Balaban J connectivity index is 1.72. The monoisotopic (exact) mass is 522 g/mol. The lowest BCUT2D eigenvalue weighted by Crippen LogP contribution is -2.46. The van der Waals surface area contributed by atoms with Crippen molar-refractivity contribution in [3.63, 3.8) is 0 Å². The summed E-state index contributed by atoms with van der Waals surface area (Å²) < 4.78 is 53.6. The van der Waals surface area contributed by atoms with Crippen molar-refractivity contribution in [3.8, 4) is 0 Å². The Morgan fingerprint density at radius 1 is 1.06 bits per heavy atom. The molecule has 1 saturated heterocycles. The van der Waals surface area contributed by atoms with E-state index in [1.807, 2.05) is 0 Å². The first kappa shape index (κ1) is 27.7. The van der Waals surface area contributed by atoms with Crippen LogP contribution in [-0.2, 0) is 14.8 Å². The Kier molecular flexibility index (Phi) is 9.15. The number of nitrogens with one attached hydrogen (secondary N) is 4. The molecular weight excluding hydrogens is 490 g/mol. The number of carbonyl (C=O) groups is 2. The van der Waals surface area contributed by atoms with Gasteiger partial charge in [-0.05, 0) is 101 Å². The number of amides is 2. The second kappa shape index (κ2) is 11.9. The second-order valence-corrected chi connectivity index (χ2v) is 11.3. The van der Waals surface area contributed by atoms with Crippen molar-refractivity contribution < 1.29 is 26.8 Å². The van der Waals surface area contributed by atoms with Gasteiger partial charge in [-0.25, -0.2) is 21.9 Å². The molecule has 2 aromatic rings. The summed E-state index contributed by atoms with van der Waals surface area (Å²) in [6.45, 7) is 3.65. The maximum Gasteiger partial charge on any atom is 0.251 e. The molecule has 0 saturated carbocycles. The van der Waals surface area contributed by atoms with E-state index in [-0.39, 0.29) is 16.4 Å². The van der Waals surface area contributed by atoms with E-state index in [0.29, 0.717) is 12.1 Å². The second-order valence-electron chi connectivity index (χ2n) is 9.60. The summed E-state index contributed by atoms with van der Waals surface area (Å²) in [7, 11) is -3.95. The topological polar surface area (TPSA) is 116 Å². The Bertz CT molecular complexity index is 1150. The van der Waals surface area contributed by atoms with E-state index in [9.17, 15) is 26.8 Å². The van der Waals surface area contributed by atoms with Crippen molar-refractivity contribution in [1.29, 1.82) is 0 Å². The number of carbonyl (C=O) groups excluding carboxylic acids is 2. The van der Waals surface area contributed by atoms with Gasteiger partial charge in [0.1, 0.15) is 18.5 Å². The average molecular weight is 523 g/mol. The summed E-state index contributed by atoms with van der Waals surface area (Å²) in [5.74, 6) is -1.18. The Morgan fingerprint density at radius 2 is 1.67 bits per heavy atom. The number of piperidine rings is 1. The number of sulfonamides is 1. The third-order valence-corrected chi connectivity index (χ3v) is 7.65. The quantitative estimate of drug-likeness (QED) is 0.383. The summed E-state index contributed by atoms with van der Waals surface area (Å²) >= 11 is 0. The van der Waals surface area contributed by atoms with Crippen LogP contribution in [0.15, 0.2) is 53.4 Å². The van der Waals surface area contributed by atoms with Gasteiger partial charge in [-0.1, -0.05) is 0 Å². The van der Waals surface area contributed by atoms with E-state index < -0.39 is 45.9 Å². The molecule has 2 amide bonds. The van der Waals surface area contributed by atoms with Gasteiger partial charge in [0.05, 0.1) is 10.4 Å². The molecule has 3 rings (SSSR count). The van der Waals surface area contributed by atoms with Gasteiger partial charge in [-0.2, -0.15) is 0 Å². The van der Waals surface area contributed by atoms with Crippen LogP contribution in [0.1, 0.15) is 43.5 Å². The molecule has 0 aliphatic carbocycles. The Hall–Kier alpha value is -2.89. The van der Waals surface area contributed by atoms with Crippen LogP contribution < -0.4 is 20.7 Å². The number of halogens is 2. The third-order valence-electron chi connectivity index (χ3n) is 5.93. The predicted molar refractivity (Wildman–Crippen MR) is 133 cm³/mol. The Labute approximate surface area is 210 Å². The fraction of sp³-hybridized carbons (Fsp3) is 0.440. The zero-order valence-corrected chi connectivity index (χ0v) is 21.1. The van der Waals surface area contributed by atoms with Crippen LogP contribution in [0.2, 0.25) is 0 Å². The molecule has 1 fully saturated rings. The smallest absolute Gasteiger partial charge is 0.251 e. The SMILES string of the molecule is CC(C)(CF)NS(=O)(=O)c1ccc(NC(=O)[C@H](CC2CCNCC2)NC(=O)c2ccc(F)cc2)cc1. The molecule has 2 aromatic carbocycles. The molecule has 0 aromatic heterocycles. The van der Waals surface area contributed by atoms with Gasteiger partial charge in [0.25, 0.3) is 5.91 Å². The number of hydrogen-bond donors (Lipinski definition) is 4. The number of anilines is 1. The van der Waals surface area contributed by atoms with E-state index in [1.165, 1.54) is 62.4 Å². The molecule has 1 aliphatic heterocycles. The first-order valence-electron chi connectivity index (χ1n) is 11.8. The summed E-state index contributed by atoms with van der Waals surface area (Å²) in [5.41, 5.74) is -0.677. The standard InChI is InChI=1S/C25H32F2N4O4S/c1-25(2,16-26)31-36(34,35)21-9-7-20(8-10-21)29-24(33)22(15-17-11-13-28-14-12-17)30-23(32)18-3-5-19(27)6-4-18/h3-10,17,22,28,31H,11-16H2,1-2H3,(H,29,33)(H,30,32)/t22-/m0/s1. The van der Waals surface area contributed by atoms with Crippen molar-refractivity contribution in [2.75, 3.05) is 25.1 Å². The zero-order valence-electron chi connectivity index (χ0n) is 20.3. The molecular formula is C25H32F2N4O4S. The molecule has 1 atom stereocenters. The first-order chi connectivity index (χ1) is 17.0. The van der Waals surface area contributed by atoms with Crippen molar-refractivity contribution in [2.45, 2.75) is 49.6 Å². The zero-order chi connectivity index (χ0) is 26.3. The molecule has 11 heteroatoms. The molecule has 1 heterocycles. The summed E-state index contributed by atoms with van der Waals surface area (Å²) in [4.78, 5) is 25.8. The molecule has 8 nitrogen and oxygen atoms in total. The largest absolute Gasteiger partial charge is 0.340 e. The van der Waals surface area contributed by atoms with Crippen LogP contribution in [0.4, 0.5) is 14.5 Å². The maximum absolute atomic E-state index is 13.2. The number of benzene rings is 2. The van der Waals surface area contributed by atoms with Gasteiger partial charge in [-0.3, -0.25) is 9.59 Å². The average Bonchev–Trinajstić information content (AvgIpc) is 2.84. The molecule has 0 spiro atoms. The summed E-state index contributed by atoms with van der Waals surface area (Å²) in [6.07, 6.45) is 2.16. The van der Waals surface area contributed by atoms with E-state index in [1.54, 1.807) is 0 Å². The van der Waals surface area contributed by atoms with Crippen LogP contribution in [-0.4, -0.2) is 51.6 Å². The molecule has 36 heavy (non-hydrogen) atoms. The van der Waals surface area contributed by atoms with Crippen LogP contribution in [0.5, 0.6) is 0 Å². The van der Waals surface area contributed by atoms with Crippen LogP contribution in [0, 0.1) is 11.7 Å². The lowest BCUT2D eigenvalue weighted by Gasteiger charge is -2.27. The third kappa shape index (κ3) is 7.81. The van der Waals surface area contributed by atoms with Crippen molar-refractivity contribution in [2.24, 2.45) is 5.92 Å². The highest BCUT2D eigenvalue weighted by Crippen LogP contribution is 2.21. The van der Waals surface area contributed by atoms with Crippen molar-refractivity contribution in [3.05, 3.63) is 59.9 Å². The highest BCUT2D eigenvalue weighted by atomic mass is 32.2. The molecule has 0 radical (unpaired) electrons. The van der Waals surface area contributed by atoms with Gasteiger partial charge < -0.3 is 16.0 Å².